The van der Waals surface area contributed by atoms with Gasteiger partial charge in [-0.3, -0.25) is 15.1 Å². The van der Waals surface area contributed by atoms with Gasteiger partial charge in [0.25, 0.3) is 0 Å². The van der Waals surface area contributed by atoms with E-state index in [0.29, 0.717) is 17.4 Å². The van der Waals surface area contributed by atoms with Gasteiger partial charge in [-0.15, -0.1) is 0 Å². The van der Waals surface area contributed by atoms with Gasteiger partial charge in [0.1, 0.15) is 5.75 Å². The molecule has 0 saturated heterocycles. The summed E-state index contributed by atoms with van der Waals surface area (Å²) in [6.07, 6.45) is 8.65. The van der Waals surface area contributed by atoms with Crippen LogP contribution in [0.1, 0.15) is 32.1 Å². The fourth-order valence-electron chi connectivity index (χ4n) is 3.52. The first-order valence-electron chi connectivity index (χ1n) is 9.60. The largest absolute Gasteiger partial charge is 0.628 e. The monoisotopic (exact) mass is 419 g/mol. The van der Waals surface area contributed by atoms with Gasteiger partial charge in [0.05, 0.1) is 47.4 Å². The van der Waals surface area contributed by atoms with Crippen LogP contribution < -0.4 is 9.38 Å². The van der Waals surface area contributed by atoms with Gasteiger partial charge in [-0.1, -0.05) is 19.3 Å². The molecule has 0 radical (unpaired) electrons. The van der Waals surface area contributed by atoms with Crippen molar-refractivity contribution in [2.24, 2.45) is 5.92 Å². The summed E-state index contributed by atoms with van der Waals surface area (Å²) in [4.78, 5) is 15.7. The molecule has 0 N–H and O–H groups in total. The average Bonchev–Trinajstić information content (AvgIpc) is 2.71. The molecule has 0 spiro atoms. The summed E-state index contributed by atoms with van der Waals surface area (Å²) >= 11 is 0. The van der Waals surface area contributed by atoms with Crippen LogP contribution in [0, 0.1) is 21.2 Å². The third-order valence-electron chi connectivity index (χ3n) is 5.08. The predicted molar refractivity (Wildman–Crippen MR) is 111 cm³/mol. The van der Waals surface area contributed by atoms with Crippen molar-refractivity contribution in [2.75, 3.05) is 20.7 Å². The number of aromatic nitrogens is 1. The maximum Gasteiger partial charge on any atom is 0.333 e. The van der Waals surface area contributed by atoms with Crippen LogP contribution in [0.3, 0.4) is 0 Å². The Balaban J connectivity index is 2.04. The summed E-state index contributed by atoms with van der Waals surface area (Å²) in [7, 11) is 0.923. The number of ether oxygens (including phenoxy) is 1. The van der Waals surface area contributed by atoms with E-state index in [2.05, 4.69) is 4.98 Å². The van der Waals surface area contributed by atoms with E-state index in [1.54, 1.807) is 12.1 Å². The summed E-state index contributed by atoms with van der Waals surface area (Å²) in [5, 5.41) is 24.1. The molecule has 1 aromatic carbocycles. The SMILES string of the molecule is C[N+](C)([O-])c1cc(S(=O)c2ccncc2)c(OCC2CCCCC2)cc1[N+](=O)[O-]. The van der Waals surface area contributed by atoms with Crippen molar-refractivity contribution in [3.8, 4) is 5.75 Å². The van der Waals surface area contributed by atoms with Gasteiger partial charge in [0, 0.05) is 23.4 Å². The summed E-state index contributed by atoms with van der Waals surface area (Å²) in [6.45, 7) is 0.409. The first-order valence-corrected chi connectivity index (χ1v) is 10.7. The molecule has 29 heavy (non-hydrogen) atoms. The highest BCUT2D eigenvalue weighted by molar-refractivity contribution is 7.85. The van der Waals surface area contributed by atoms with Gasteiger partial charge in [-0.2, -0.15) is 0 Å². The highest BCUT2D eigenvalue weighted by Crippen LogP contribution is 2.40. The van der Waals surface area contributed by atoms with E-state index in [1.807, 2.05) is 0 Å². The number of quaternary nitrogens is 1. The molecule has 0 bridgehead atoms. The van der Waals surface area contributed by atoms with Gasteiger partial charge in [0.15, 0.2) is 0 Å². The molecule has 1 atom stereocenters. The van der Waals surface area contributed by atoms with Gasteiger partial charge < -0.3 is 14.6 Å². The molecule has 1 aliphatic rings. The molecule has 2 aromatic rings. The quantitative estimate of drug-likeness (QED) is 0.379. The molecule has 9 heteroatoms. The van der Waals surface area contributed by atoms with E-state index >= 15 is 0 Å². The number of hydroxylamine groups is 2. The second-order valence-corrected chi connectivity index (χ2v) is 9.11. The number of nitro groups is 1. The number of nitro benzene ring substituents is 1. The Morgan fingerprint density at radius 2 is 1.86 bits per heavy atom. The van der Waals surface area contributed by atoms with Crippen LogP contribution >= 0.6 is 0 Å². The van der Waals surface area contributed by atoms with Crippen molar-refractivity contribution >= 4 is 22.2 Å². The van der Waals surface area contributed by atoms with Crippen molar-refractivity contribution in [3.63, 3.8) is 0 Å². The van der Waals surface area contributed by atoms with E-state index in [-0.39, 0.29) is 22.0 Å². The molecule has 1 heterocycles. The Hall–Kier alpha value is -2.36. The minimum absolute atomic E-state index is 0.0718. The lowest BCUT2D eigenvalue weighted by molar-refractivity contribution is -0.384. The van der Waals surface area contributed by atoms with Crippen molar-refractivity contribution in [1.29, 1.82) is 0 Å². The summed E-state index contributed by atoms with van der Waals surface area (Å²) in [5.74, 6) is 0.561. The van der Waals surface area contributed by atoms with Crippen LogP contribution in [0.25, 0.3) is 0 Å². The molecular weight excluding hydrogens is 394 g/mol. The first kappa shape index (κ1) is 21.4. The molecule has 1 unspecified atom stereocenters. The Morgan fingerprint density at radius 1 is 1.21 bits per heavy atom. The van der Waals surface area contributed by atoms with Crippen molar-refractivity contribution < 1.29 is 13.9 Å². The molecule has 0 aliphatic heterocycles. The summed E-state index contributed by atoms with van der Waals surface area (Å²) < 4.78 is 18.1. The molecule has 0 amide bonds. The molecule has 8 nitrogen and oxygen atoms in total. The van der Waals surface area contributed by atoms with E-state index < -0.39 is 20.4 Å². The maximum absolute atomic E-state index is 13.2. The van der Waals surface area contributed by atoms with E-state index in [4.69, 9.17) is 4.74 Å². The lowest BCUT2D eigenvalue weighted by Gasteiger charge is -2.33. The van der Waals surface area contributed by atoms with Crippen molar-refractivity contribution in [1.82, 2.24) is 9.63 Å². The van der Waals surface area contributed by atoms with Crippen LogP contribution in [-0.4, -0.2) is 34.8 Å². The number of nitrogens with zero attached hydrogens (tertiary/aromatic N) is 3. The number of hydrogen-bond acceptors (Lipinski definition) is 6. The molecule has 1 aromatic heterocycles. The van der Waals surface area contributed by atoms with E-state index in [9.17, 15) is 19.5 Å². The highest BCUT2D eigenvalue weighted by Gasteiger charge is 2.29. The second-order valence-electron chi connectivity index (χ2n) is 7.66. The Morgan fingerprint density at radius 3 is 2.45 bits per heavy atom. The standard InChI is InChI=1S/C20H25N3O5S/c1-23(2,26)18-13-20(29(27)16-8-10-21-11-9-16)19(12-17(18)22(24)25)28-14-15-6-4-3-5-7-15/h8-13,15H,3-7,14H2,1-2H3. The second kappa shape index (κ2) is 8.98. The Kier molecular flexibility index (Phi) is 6.61. The minimum atomic E-state index is -1.67. The molecule has 1 fully saturated rings. The van der Waals surface area contributed by atoms with Gasteiger partial charge in [-0.25, -0.2) is 4.21 Å². The molecule has 3 rings (SSSR count). The smallest absolute Gasteiger partial charge is 0.333 e. The predicted octanol–water partition coefficient (Wildman–Crippen LogP) is 4.18. The van der Waals surface area contributed by atoms with E-state index in [1.165, 1.54) is 45.0 Å². The Labute approximate surface area is 172 Å². The lowest BCUT2D eigenvalue weighted by Crippen LogP contribution is -2.33. The zero-order valence-corrected chi connectivity index (χ0v) is 17.4. The number of hydrogen-bond donors (Lipinski definition) is 0. The molecule has 1 saturated carbocycles. The lowest BCUT2D eigenvalue weighted by atomic mass is 9.90. The first-order chi connectivity index (χ1) is 13.8. The van der Waals surface area contributed by atoms with Crippen LogP contribution in [0.15, 0.2) is 46.5 Å². The zero-order valence-electron chi connectivity index (χ0n) is 16.6. The number of rotatable bonds is 7. The fraction of sp³-hybridized carbons (Fsp3) is 0.450. The van der Waals surface area contributed by atoms with Crippen molar-refractivity contribution in [3.05, 3.63) is 52.0 Å². The average molecular weight is 420 g/mol. The zero-order chi connectivity index (χ0) is 21.0. The van der Waals surface area contributed by atoms with Gasteiger partial charge in [0.2, 0.25) is 5.69 Å². The molecule has 1 aliphatic carbocycles. The summed E-state index contributed by atoms with van der Waals surface area (Å²) in [6, 6.07) is 5.81. The third kappa shape index (κ3) is 5.17. The normalized spacial score (nSPS) is 16.4. The molecule has 156 valence electrons. The van der Waals surface area contributed by atoms with Crippen LogP contribution in [0.4, 0.5) is 11.4 Å². The highest BCUT2D eigenvalue weighted by atomic mass is 32.2. The maximum atomic E-state index is 13.2. The van der Waals surface area contributed by atoms with Gasteiger partial charge in [-0.05, 0) is 30.9 Å². The topological polar surface area (TPSA) is 105 Å². The van der Waals surface area contributed by atoms with E-state index in [0.717, 1.165) is 25.7 Å². The van der Waals surface area contributed by atoms with Crippen LogP contribution in [-0.2, 0) is 10.8 Å². The number of pyridine rings is 1. The van der Waals surface area contributed by atoms with Crippen molar-refractivity contribution in [2.45, 2.75) is 41.9 Å². The van der Waals surface area contributed by atoms with Crippen LogP contribution in [0.2, 0.25) is 0 Å². The summed E-state index contributed by atoms with van der Waals surface area (Å²) in [5.41, 5.74) is -0.406. The Bertz CT molecular complexity index is 893. The fourth-order valence-corrected chi connectivity index (χ4v) is 4.67. The number of benzene rings is 1. The van der Waals surface area contributed by atoms with Crippen LogP contribution in [0.5, 0.6) is 5.75 Å². The molecular formula is C20H25N3O5S. The third-order valence-corrected chi connectivity index (χ3v) is 6.50. The minimum Gasteiger partial charge on any atom is -0.628 e. The van der Waals surface area contributed by atoms with Gasteiger partial charge >= 0.3 is 5.69 Å².